The van der Waals surface area contributed by atoms with Gasteiger partial charge in [0.15, 0.2) is 0 Å². The first-order valence-electron chi connectivity index (χ1n) is 8.26. The Kier molecular flexibility index (Phi) is 7.30. The molecule has 0 heterocycles. The summed E-state index contributed by atoms with van der Waals surface area (Å²) in [5.41, 5.74) is 1.65. The number of sulfonamides is 1. The van der Waals surface area contributed by atoms with Crippen LogP contribution in [0, 0.1) is 0 Å². The van der Waals surface area contributed by atoms with Gasteiger partial charge < -0.3 is 15.4 Å². The lowest BCUT2D eigenvalue weighted by Crippen LogP contribution is -2.27. The molecule has 2 aromatic rings. The topological polar surface area (TPSA) is 87.7 Å². The van der Waals surface area contributed by atoms with Crippen LogP contribution in [-0.2, 0) is 16.4 Å². The summed E-state index contributed by atoms with van der Waals surface area (Å²) >= 11 is 0. The van der Waals surface area contributed by atoms with Crippen molar-refractivity contribution in [2.45, 2.75) is 13.0 Å². The molecule has 152 valence electrons. The molecule has 0 radical (unpaired) electrons. The minimum Gasteiger partial charge on any atom is -0.435 e. The predicted molar refractivity (Wildman–Crippen MR) is 103 cm³/mol. The van der Waals surface area contributed by atoms with Crippen molar-refractivity contribution in [3.05, 3.63) is 54.1 Å². The molecule has 2 N–H and O–H groups in total. The van der Waals surface area contributed by atoms with Gasteiger partial charge in [-0.15, -0.1) is 0 Å². The number of ether oxygens (including phenoxy) is 1. The number of alkyl halides is 2. The average molecular weight is 413 g/mol. The second-order valence-electron chi connectivity index (χ2n) is 6.02. The third-order valence-electron chi connectivity index (χ3n) is 3.78. The summed E-state index contributed by atoms with van der Waals surface area (Å²) in [7, 11) is -1.75. The van der Waals surface area contributed by atoms with Crippen LogP contribution in [0.15, 0.2) is 48.5 Å². The summed E-state index contributed by atoms with van der Waals surface area (Å²) < 4.78 is 52.9. The van der Waals surface area contributed by atoms with Crippen LogP contribution in [-0.4, -0.2) is 45.2 Å². The lowest BCUT2D eigenvalue weighted by atomic mass is 10.1. The number of hydrogen-bond acceptors (Lipinski definition) is 4. The zero-order chi connectivity index (χ0) is 20.7. The fourth-order valence-electron chi connectivity index (χ4n) is 2.30. The van der Waals surface area contributed by atoms with E-state index in [1.807, 2.05) is 6.07 Å². The van der Waals surface area contributed by atoms with E-state index in [9.17, 15) is 22.0 Å². The van der Waals surface area contributed by atoms with E-state index < -0.39 is 22.7 Å². The summed E-state index contributed by atoms with van der Waals surface area (Å²) in [5, 5.41) is 5.17. The zero-order valence-electron chi connectivity index (χ0n) is 15.4. The van der Waals surface area contributed by atoms with E-state index in [1.54, 1.807) is 18.2 Å². The Morgan fingerprint density at radius 3 is 2.32 bits per heavy atom. The monoisotopic (exact) mass is 413 g/mol. The van der Waals surface area contributed by atoms with E-state index in [2.05, 4.69) is 15.4 Å². The number of anilines is 2. The molecular weight excluding hydrogens is 392 g/mol. The number of likely N-dealkylation sites (N-methyl/N-ethyl adjacent to an activating group) is 1. The number of amides is 2. The van der Waals surface area contributed by atoms with Crippen LogP contribution in [0.5, 0.6) is 5.75 Å². The number of halogens is 2. The number of nitrogens with zero attached hydrogens (tertiary/aromatic N) is 1. The number of benzene rings is 2. The van der Waals surface area contributed by atoms with Gasteiger partial charge in [-0.1, -0.05) is 18.2 Å². The molecule has 28 heavy (non-hydrogen) atoms. The molecule has 0 spiro atoms. The minimum atomic E-state index is -3.25. The van der Waals surface area contributed by atoms with Crippen molar-refractivity contribution in [1.29, 1.82) is 0 Å². The molecule has 0 aromatic heterocycles. The van der Waals surface area contributed by atoms with Crippen LogP contribution >= 0.6 is 0 Å². The lowest BCUT2D eigenvalue weighted by molar-refractivity contribution is -0.0498. The number of rotatable bonds is 8. The Balaban J connectivity index is 1.95. The van der Waals surface area contributed by atoms with Crippen LogP contribution in [0.3, 0.4) is 0 Å². The van der Waals surface area contributed by atoms with Gasteiger partial charge in [0.2, 0.25) is 10.0 Å². The van der Waals surface area contributed by atoms with E-state index in [1.165, 1.54) is 35.6 Å². The van der Waals surface area contributed by atoms with Gasteiger partial charge in [-0.05, 0) is 36.2 Å². The Bertz CT molecular complexity index is 923. The van der Waals surface area contributed by atoms with E-state index in [4.69, 9.17) is 0 Å². The van der Waals surface area contributed by atoms with Gasteiger partial charge in [-0.25, -0.2) is 17.5 Å². The fourth-order valence-corrected chi connectivity index (χ4v) is 2.72. The number of urea groups is 1. The largest absolute Gasteiger partial charge is 0.435 e. The molecule has 10 heteroatoms. The van der Waals surface area contributed by atoms with Crippen molar-refractivity contribution >= 4 is 27.4 Å². The number of nitrogens with one attached hydrogen (secondary N) is 2. The van der Waals surface area contributed by atoms with Crippen molar-refractivity contribution in [3.63, 3.8) is 0 Å². The smallest absolute Gasteiger partial charge is 0.387 e. The van der Waals surface area contributed by atoms with Crippen molar-refractivity contribution in [1.82, 2.24) is 4.31 Å². The maximum Gasteiger partial charge on any atom is 0.387 e. The minimum absolute atomic E-state index is 0.0650. The highest BCUT2D eigenvalue weighted by atomic mass is 32.2. The molecule has 0 aliphatic carbocycles. The molecule has 0 atom stereocenters. The summed E-state index contributed by atoms with van der Waals surface area (Å²) in [4.78, 5) is 12.1. The third-order valence-corrected chi connectivity index (χ3v) is 5.10. The van der Waals surface area contributed by atoms with Gasteiger partial charge in [0.1, 0.15) is 5.75 Å². The number of hydrogen-bond donors (Lipinski definition) is 2. The molecule has 0 saturated carbocycles. The average Bonchev–Trinajstić information content (AvgIpc) is 2.58. The molecule has 0 bridgehead atoms. The number of carbonyl (C=O) groups is 1. The number of carbonyl (C=O) groups excluding carboxylic acids is 1. The summed E-state index contributed by atoms with van der Waals surface area (Å²) in [6, 6.07) is 12.1. The Morgan fingerprint density at radius 1 is 1.11 bits per heavy atom. The maximum absolute atomic E-state index is 12.3. The molecule has 0 saturated heterocycles. The van der Waals surface area contributed by atoms with Crippen molar-refractivity contribution < 1.29 is 26.7 Å². The summed E-state index contributed by atoms with van der Waals surface area (Å²) in [6.45, 7) is -2.64. The van der Waals surface area contributed by atoms with Crippen molar-refractivity contribution in [2.75, 3.05) is 30.5 Å². The van der Waals surface area contributed by atoms with Crippen LogP contribution in [0.1, 0.15) is 5.56 Å². The summed E-state index contributed by atoms with van der Waals surface area (Å²) in [6.07, 6.45) is 1.62. The van der Waals surface area contributed by atoms with E-state index >= 15 is 0 Å². The molecule has 0 aliphatic rings. The fraction of sp³-hybridized carbons (Fsp3) is 0.278. The second-order valence-corrected chi connectivity index (χ2v) is 8.11. The van der Waals surface area contributed by atoms with Crippen LogP contribution < -0.4 is 15.4 Å². The van der Waals surface area contributed by atoms with Gasteiger partial charge in [0, 0.05) is 31.0 Å². The zero-order valence-corrected chi connectivity index (χ0v) is 16.2. The van der Waals surface area contributed by atoms with Crippen molar-refractivity contribution in [3.8, 4) is 5.75 Å². The normalized spacial score (nSPS) is 11.5. The van der Waals surface area contributed by atoms with Gasteiger partial charge in [-0.3, -0.25) is 0 Å². The molecule has 2 amide bonds. The first-order valence-corrected chi connectivity index (χ1v) is 10.1. The highest BCUT2D eigenvalue weighted by molar-refractivity contribution is 7.88. The third kappa shape index (κ3) is 7.12. The molecule has 0 aliphatic heterocycles. The predicted octanol–water partition coefficient (Wildman–Crippen LogP) is 3.37. The maximum atomic E-state index is 12.3. The van der Waals surface area contributed by atoms with Gasteiger partial charge in [0.25, 0.3) is 0 Å². The standard InChI is InChI=1S/C18H21F2N3O4S/c1-23(28(2,25)26)10-9-13-5-3-6-14(11-13)21-18(24)22-15-7-4-8-16(12-15)27-17(19)20/h3-8,11-12,17H,9-10H2,1-2H3,(H2,21,22,24). The van der Waals surface area contributed by atoms with Crippen molar-refractivity contribution in [2.24, 2.45) is 0 Å². The molecular formula is C18H21F2N3O4S. The first-order chi connectivity index (χ1) is 13.1. The van der Waals surface area contributed by atoms with E-state index in [-0.39, 0.29) is 5.75 Å². The molecule has 7 nitrogen and oxygen atoms in total. The van der Waals surface area contributed by atoms with Crippen LogP contribution in [0.4, 0.5) is 25.0 Å². The molecule has 0 unspecified atom stereocenters. The van der Waals surface area contributed by atoms with Crippen LogP contribution in [0.2, 0.25) is 0 Å². The SMILES string of the molecule is CN(CCc1cccc(NC(=O)Nc2cccc(OC(F)F)c2)c1)S(C)(=O)=O. The molecule has 0 fully saturated rings. The Hall–Kier alpha value is -2.72. The Morgan fingerprint density at radius 2 is 1.71 bits per heavy atom. The second kappa shape index (κ2) is 9.47. The Labute approximate surface area is 162 Å². The highest BCUT2D eigenvalue weighted by Crippen LogP contribution is 2.20. The molecule has 2 aromatic carbocycles. The van der Waals surface area contributed by atoms with E-state index in [0.717, 1.165) is 11.8 Å². The lowest BCUT2D eigenvalue weighted by Gasteiger charge is -2.14. The summed E-state index contributed by atoms with van der Waals surface area (Å²) in [5.74, 6) is -0.0650. The first kappa shape index (κ1) is 21.6. The van der Waals surface area contributed by atoms with Crippen LogP contribution in [0.25, 0.3) is 0 Å². The highest BCUT2D eigenvalue weighted by Gasteiger charge is 2.11. The molecule has 2 rings (SSSR count). The van der Waals surface area contributed by atoms with Gasteiger partial charge >= 0.3 is 12.6 Å². The van der Waals surface area contributed by atoms with Gasteiger partial charge in [0.05, 0.1) is 6.26 Å². The quantitative estimate of drug-likeness (QED) is 0.695. The van der Waals surface area contributed by atoms with Gasteiger partial charge in [-0.2, -0.15) is 8.78 Å². The van der Waals surface area contributed by atoms with E-state index in [0.29, 0.717) is 24.3 Å².